The number of hydrogen-bond donors (Lipinski definition) is 0. The van der Waals surface area contributed by atoms with E-state index >= 15 is 0 Å². The maximum atomic E-state index is 12.3. The van der Waals surface area contributed by atoms with E-state index in [-0.39, 0.29) is 5.91 Å². The van der Waals surface area contributed by atoms with Gasteiger partial charge < -0.3 is 9.47 Å². The van der Waals surface area contributed by atoms with Crippen molar-refractivity contribution in [3.63, 3.8) is 0 Å². The second-order valence-electron chi connectivity index (χ2n) is 5.08. The van der Waals surface area contributed by atoms with E-state index in [1.54, 1.807) is 6.20 Å². The molecule has 0 radical (unpaired) electrons. The molecule has 1 heterocycles. The first kappa shape index (κ1) is 14.4. The van der Waals surface area contributed by atoms with Gasteiger partial charge >= 0.3 is 0 Å². The number of carbonyl (C=O) groups is 1. The van der Waals surface area contributed by atoms with Gasteiger partial charge in [-0.25, -0.2) is 4.98 Å². The highest BCUT2D eigenvalue weighted by Crippen LogP contribution is 2.24. The summed E-state index contributed by atoms with van der Waals surface area (Å²) in [5.74, 6) is 0.747. The molecule has 1 amide bonds. The fourth-order valence-corrected chi connectivity index (χ4v) is 3.55. The van der Waals surface area contributed by atoms with Crippen LogP contribution in [-0.2, 0) is 11.8 Å². The lowest BCUT2D eigenvalue weighted by atomic mass is 9.94. The summed E-state index contributed by atoms with van der Waals surface area (Å²) < 4.78 is 1.95. The van der Waals surface area contributed by atoms with Crippen molar-refractivity contribution < 1.29 is 4.79 Å². The molecule has 0 bridgehead atoms. The normalized spacial score (nSPS) is 16.5. The molecule has 0 atom stereocenters. The summed E-state index contributed by atoms with van der Waals surface area (Å²) in [7, 11) is 1.96. The average Bonchev–Trinajstić information content (AvgIpc) is 2.84. The molecule has 1 fully saturated rings. The third-order valence-corrected chi connectivity index (χ3v) is 4.82. The molecule has 0 N–H and O–H groups in total. The van der Waals surface area contributed by atoms with Gasteiger partial charge in [0.05, 0.1) is 5.75 Å². The highest BCUT2D eigenvalue weighted by Gasteiger charge is 2.24. The SMILES string of the molecule is CCN(C(=O)CSc1nccn1C)C1CCCCC1. The lowest BCUT2D eigenvalue weighted by Gasteiger charge is -2.33. The van der Waals surface area contributed by atoms with E-state index in [0.29, 0.717) is 11.8 Å². The van der Waals surface area contributed by atoms with Crippen molar-refractivity contribution in [1.29, 1.82) is 0 Å². The van der Waals surface area contributed by atoms with Crippen LogP contribution < -0.4 is 0 Å². The predicted octanol–water partition coefficient (Wildman–Crippen LogP) is 2.69. The van der Waals surface area contributed by atoms with Crippen molar-refractivity contribution in [3.8, 4) is 0 Å². The molecule has 1 saturated carbocycles. The number of carbonyl (C=O) groups excluding carboxylic acids is 1. The molecule has 19 heavy (non-hydrogen) atoms. The summed E-state index contributed by atoms with van der Waals surface area (Å²) in [6.45, 7) is 2.91. The van der Waals surface area contributed by atoms with Gasteiger partial charge in [0.15, 0.2) is 5.16 Å². The molecular weight excluding hydrogens is 258 g/mol. The molecule has 1 aliphatic rings. The first-order valence-electron chi connectivity index (χ1n) is 7.12. The van der Waals surface area contributed by atoms with E-state index in [4.69, 9.17) is 0 Å². The number of aromatic nitrogens is 2. The van der Waals surface area contributed by atoms with Crippen LogP contribution in [0.25, 0.3) is 0 Å². The van der Waals surface area contributed by atoms with Gasteiger partial charge in [0.1, 0.15) is 0 Å². The number of amides is 1. The van der Waals surface area contributed by atoms with E-state index in [0.717, 1.165) is 11.7 Å². The van der Waals surface area contributed by atoms with Gasteiger partial charge in [-0.05, 0) is 19.8 Å². The summed E-state index contributed by atoms with van der Waals surface area (Å²) in [5.41, 5.74) is 0. The van der Waals surface area contributed by atoms with Gasteiger partial charge in [-0.2, -0.15) is 0 Å². The van der Waals surface area contributed by atoms with E-state index < -0.39 is 0 Å². The standard InChI is InChI=1S/C14H23N3OS/c1-3-17(12-7-5-4-6-8-12)13(18)11-19-14-15-9-10-16(14)2/h9-10,12H,3-8,11H2,1-2H3. The maximum Gasteiger partial charge on any atom is 0.233 e. The lowest BCUT2D eigenvalue weighted by Crippen LogP contribution is -2.42. The largest absolute Gasteiger partial charge is 0.339 e. The van der Waals surface area contributed by atoms with E-state index in [9.17, 15) is 4.79 Å². The second kappa shape index (κ2) is 6.98. The number of imidazole rings is 1. The minimum Gasteiger partial charge on any atom is -0.339 e. The number of nitrogens with zero attached hydrogens (tertiary/aromatic N) is 3. The zero-order valence-electron chi connectivity index (χ0n) is 11.8. The van der Waals surface area contributed by atoms with Crippen LogP contribution in [-0.4, -0.2) is 38.7 Å². The summed E-state index contributed by atoms with van der Waals surface area (Å²) in [6.07, 6.45) is 9.88. The van der Waals surface area contributed by atoms with E-state index in [2.05, 4.69) is 16.8 Å². The van der Waals surface area contributed by atoms with Crippen molar-refractivity contribution in [2.24, 2.45) is 7.05 Å². The fourth-order valence-electron chi connectivity index (χ4n) is 2.73. The highest BCUT2D eigenvalue weighted by atomic mass is 32.2. The average molecular weight is 281 g/mol. The third-order valence-electron chi connectivity index (χ3n) is 3.78. The molecule has 0 spiro atoms. The monoisotopic (exact) mass is 281 g/mol. The maximum absolute atomic E-state index is 12.3. The molecule has 0 aliphatic heterocycles. The topological polar surface area (TPSA) is 38.1 Å². The van der Waals surface area contributed by atoms with Crippen molar-refractivity contribution in [3.05, 3.63) is 12.4 Å². The van der Waals surface area contributed by atoms with Crippen molar-refractivity contribution in [2.45, 2.75) is 50.2 Å². The summed E-state index contributed by atoms with van der Waals surface area (Å²) in [5, 5.41) is 0.910. The Hall–Kier alpha value is -0.970. The Kier molecular flexibility index (Phi) is 5.31. The zero-order chi connectivity index (χ0) is 13.7. The number of thioether (sulfide) groups is 1. The van der Waals surface area contributed by atoms with Crippen LogP contribution in [0.15, 0.2) is 17.6 Å². The molecule has 1 aromatic heterocycles. The van der Waals surface area contributed by atoms with Gasteiger partial charge in [-0.15, -0.1) is 0 Å². The van der Waals surface area contributed by atoms with Crippen molar-refractivity contribution >= 4 is 17.7 Å². The Labute approximate surface area is 119 Å². The van der Waals surface area contributed by atoms with E-state index in [1.807, 2.05) is 17.8 Å². The van der Waals surface area contributed by atoms with Crippen LogP contribution in [0.5, 0.6) is 0 Å². The molecular formula is C14H23N3OS. The highest BCUT2D eigenvalue weighted by molar-refractivity contribution is 7.99. The number of rotatable bonds is 5. The predicted molar refractivity (Wildman–Crippen MR) is 78.2 cm³/mol. The smallest absolute Gasteiger partial charge is 0.233 e. The van der Waals surface area contributed by atoms with Gasteiger partial charge in [0.2, 0.25) is 5.91 Å². The van der Waals surface area contributed by atoms with E-state index in [1.165, 1.54) is 43.9 Å². The van der Waals surface area contributed by atoms with Crippen LogP contribution in [0.3, 0.4) is 0 Å². The Morgan fingerprint density at radius 3 is 2.79 bits per heavy atom. The summed E-state index contributed by atoms with van der Waals surface area (Å²) in [6, 6.07) is 0.466. The molecule has 1 aromatic rings. The molecule has 4 nitrogen and oxygen atoms in total. The minimum absolute atomic E-state index is 0.252. The number of hydrogen-bond acceptors (Lipinski definition) is 3. The molecule has 106 valence electrons. The molecule has 0 unspecified atom stereocenters. The minimum atomic E-state index is 0.252. The van der Waals surface area contributed by atoms with Gasteiger partial charge in [-0.1, -0.05) is 31.0 Å². The number of aryl methyl sites for hydroxylation is 1. The zero-order valence-corrected chi connectivity index (χ0v) is 12.7. The van der Waals surface area contributed by atoms with Gasteiger partial charge in [0.25, 0.3) is 0 Å². The van der Waals surface area contributed by atoms with Crippen molar-refractivity contribution in [1.82, 2.24) is 14.5 Å². The van der Waals surface area contributed by atoms with Gasteiger partial charge in [-0.3, -0.25) is 4.79 Å². The first-order valence-corrected chi connectivity index (χ1v) is 8.10. The summed E-state index contributed by atoms with van der Waals surface area (Å²) >= 11 is 1.53. The fraction of sp³-hybridized carbons (Fsp3) is 0.714. The van der Waals surface area contributed by atoms with Crippen LogP contribution >= 0.6 is 11.8 Å². The quantitative estimate of drug-likeness (QED) is 0.779. The van der Waals surface area contributed by atoms with Gasteiger partial charge in [0, 0.05) is 32.0 Å². The van der Waals surface area contributed by atoms with Crippen LogP contribution in [0.1, 0.15) is 39.0 Å². The first-order chi connectivity index (χ1) is 9.22. The molecule has 1 aliphatic carbocycles. The van der Waals surface area contributed by atoms with Crippen LogP contribution in [0, 0.1) is 0 Å². The Balaban J connectivity index is 1.87. The Morgan fingerprint density at radius 1 is 1.47 bits per heavy atom. The molecule has 0 saturated heterocycles. The lowest BCUT2D eigenvalue weighted by molar-refractivity contribution is -0.131. The summed E-state index contributed by atoms with van der Waals surface area (Å²) in [4.78, 5) is 18.7. The van der Waals surface area contributed by atoms with Crippen LogP contribution in [0.4, 0.5) is 0 Å². The molecule has 0 aromatic carbocycles. The van der Waals surface area contributed by atoms with Crippen LogP contribution in [0.2, 0.25) is 0 Å². The molecule has 2 rings (SSSR count). The van der Waals surface area contributed by atoms with Crippen molar-refractivity contribution in [2.75, 3.05) is 12.3 Å². The third kappa shape index (κ3) is 3.75. The molecule has 5 heteroatoms. The Morgan fingerprint density at radius 2 is 2.21 bits per heavy atom. The second-order valence-corrected chi connectivity index (χ2v) is 6.02. The Bertz CT molecular complexity index is 413.